The Morgan fingerprint density at radius 1 is 1.06 bits per heavy atom. The summed E-state index contributed by atoms with van der Waals surface area (Å²) in [5.41, 5.74) is 4.25. The molecule has 1 unspecified atom stereocenters. The fourth-order valence-corrected chi connectivity index (χ4v) is 5.23. The van der Waals surface area contributed by atoms with Gasteiger partial charge in [-0.1, -0.05) is 24.3 Å². The highest BCUT2D eigenvalue weighted by Gasteiger charge is 2.35. The second-order valence-corrected chi connectivity index (χ2v) is 9.30. The molecule has 1 aliphatic heterocycles. The van der Waals surface area contributed by atoms with Gasteiger partial charge in [0.25, 0.3) is 5.91 Å². The number of carbonyl (C=O) groups excluding carboxylic acids is 1. The van der Waals surface area contributed by atoms with Gasteiger partial charge in [0, 0.05) is 40.6 Å². The summed E-state index contributed by atoms with van der Waals surface area (Å²) in [6.07, 6.45) is 0. The zero-order chi connectivity index (χ0) is 24.4. The van der Waals surface area contributed by atoms with Gasteiger partial charge < -0.3 is 15.5 Å². The van der Waals surface area contributed by atoms with Crippen molar-refractivity contribution >= 4 is 34.6 Å². The summed E-state index contributed by atoms with van der Waals surface area (Å²) in [7, 11) is 0. The number of benzene rings is 2. The van der Waals surface area contributed by atoms with E-state index in [1.54, 1.807) is 11.3 Å². The summed E-state index contributed by atoms with van der Waals surface area (Å²) in [6, 6.07) is 21.5. The van der Waals surface area contributed by atoms with E-state index < -0.39 is 0 Å². The summed E-state index contributed by atoms with van der Waals surface area (Å²) in [4.78, 5) is 21.6. The van der Waals surface area contributed by atoms with Gasteiger partial charge in [-0.25, -0.2) is 4.68 Å². The third-order valence-corrected chi connectivity index (χ3v) is 7.12. The molecule has 35 heavy (non-hydrogen) atoms. The molecule has 1 aliphatic rings. The van der Waals surface area contributed by atoms with Crippen LogP contribution in [0.25, 0.3) is 11.4 Å². The molecule has 2 aromatic heterocycles. The summed E-state index contributed by atoms with van der Waals surface area (Å²) in [6.45, 7) is 8.13. The second-order valence-electron chi connectivity index (χ2n) is 8.32. The van der Waals surface area contributed by atoms with Gasteiger partial charge in [0.1, 0.15) is 6.04 Å². The smallest absolute Gasteiger partial charge is 0.255 e. The number of amides is 1. The molecule has 2 N–H and O–H groups in total. The molecule has 0 aliphatic carbocycles. The lowest BCUT2D eigenvalue weighted by Gasteiger charge is -2.27. The average Bonchev–Trinajstić information content (AvgIpc) is 3.55. The molecule has 1 atom stereocenters. The van der Waals surface area contributed by atoms with Crippen LogP contribution in [0.1, 0.15) is 31.7 Å². The first-order valence-electron chi connectivity index (χ1n) is 11.8. The van der Waals surface area contributed by atoms with Gasteiger partial charge in [0.05, 0.1) is 5.57 Å². The zero-order valence-corrected chi connectivity index (χ0v) is 20.8. The normalized spacial score (nSPS) is 14.9. The van der Waals surface area contributed by atoms with Crippen LogP contribution in [0.2, 0.25) is 0 Å². The van der Waals surface area contributed by atoms with Crippen LogP contribution in [0.3, 0.4) is 0 Å². The molecule has 0 fully saturated rings. The van der Waals surface area contributed by atoms with E-state index in [1.165, 1.54) is 5.69 Å². The summed E-state index contributed by atoms with van der Waals surface area (Å²) < 4.78 is 1.83. The molecular formula is C27H28N6OS. The van der Waals surface area contributed by atoms with Crippen molar-refractivity contribution < 1.29 is 4.79 Å². The minimum atomic E-state index is -0.369. The zero-order valence-electron chi connectivity index (χ0n) is 20.0. The first-order chi connectivity index (χ1) is 17.1. The lowest BCUT2D eigenvalue weighted by molar-refractivity contribution is -0.113. The quantitative estimate of drug-likeness (QED) is 0.348. The van der Waals surface area contributed by atoms with Crippen LogP contribution in [0.5, 0.6) is 0 Å². The molecule has 0 bridgehead atoms. The molecular weight excluding hydrogens is 456 g/mol. The number of hydrogen-bond acceptors (Lipinski definition) is 6. The van der Waals surface area contributed by atoms with Gasteiger partial charge in [-0.15, -0.1) is 16.4 Å². The number of nitrogens with one attached hydrogen (secondary N) is 2. The fraction of sp³-hybridized carbons (Fsp3) is 0.222. The summed E-state index contributed by atoms with van der Waals surface area (Å²) >= 11 is 1.60. The summed E-state index contributed by atoms with van der Waals surface area (Å²) in [5.74, 6) is 1.09. The predicted molar refractivity (Wildman–Crippen MR) is 143 cm³/mol. The monoisotopic (exact) mass is 484 g/mol. The minimum Gasteiger partial charge on any atom is -0.372 e. The van der Waals surface area contributed by atoms with Crippen molar-refractivity contribution in [1.82, 2.24) is 14.8 Å². The van der Waals surface area contributed by atoms with Crippen molar-refractivity contribution in [3.05, 3.63) is 88.3 Å². The van der Waals surface area contributed by atoms with Gasteiger partial charge in [-0.2, -0.15) is 4.98 Å². The average molecular weight is 485 g/mol. The molecule has 2 aromatic carbocycles. The molecule has 0 spiro atoms. The Labute approximate surface area is 209 Å². The first kappa shape index (κ1) is 22.9. The number of rotatable bonds is 7. The van der Waals surface area contributed by atoms with Crippen LogP contribution >= 0.6 is 11.3 Å². The minimum absolute atomic E-state index is 0.161. The van der Waals surface area contributed by atoms with Gasteiger partial charge in [0.2, 0.25) is 5.95 Å². The molecule has 1 amide bonds. The number of anilines is 3. The standard InChI is InChI=1S/C27H28N6OS/c1-4-32(5-2)21-15-13-19(14-16-21)25-30-27-28-18(3)23(26(34)29-20-10-7-6-8-11-20)24(33(27)31-25)22-12-9-17-35-22/h6-17,24H,4-5H2,1-3H3,(H,29,34)(H,28,30,31). The fourth-order valence-electron chi connectivity index (χ4n) is 4.41. The Kier molecular flexibility index (Phi) is 6.37. The van der Waals surface area contributed by atoms with E-state index in [2.05, 4.69) is 53.6 Å². The molecule has 3 heterocycles. The Hall–Kier alpha value is -3.91. The largest absolute Gasteiger partial charge is 0.372 e. The van der Waals surface area contributed by atoms with Crippen LogP contribution in [-0.2, 0) is 4.79 Å². The summed E-state index contributed by atoms with van der Waals surface area (Å²) in [5, 5.41) is 13.2. The van der Waals surface area contributed by atoms with Gasteiger partial charge in [0.15, 0.2) is 5.82 Å². The van der Waals surface area contributed by atoms with E-state index in [-0.39, 0.29) is 11.9 Å². The van der Waals surface area contributed by atoms with Crippen LogP contribution in [-0.4, -0.2) is 33.8 Å². The van der Waals surface area contributed by atoms with Crippen molar-refractivity contribution in [3.8, 4) is 11.4 Å². The number of para-hydroxylation sites is 1. The molecule has 178 valence electrons. The number of carbonyl (C=O) groups is 1. The Morgan fingerprint density at radius 3 is 2.46 bits per heavy atom. The Balaban J connectivity index is 1.51. The van der Waals surface area contributed by atoms with E-state index in [9.17, 15) is 4.79 Å². The van der Waals surface area contributed by atoms with Gasteiger partial charge in [-0.05, 0) is 68.6 Å². The van der Waals surface area contributed by atoms with E-state index in [0.29, 0.717) is 17.3 Å². The maximum Gasteiger partial charge on any atom is 0.255 e. The molecule has 8 heteroatoms. The van der Waals surface area contributed by atoms with Crippen LogP contribution < -0.4 is 15.5 Å². The SMILES string of the molecule is CCN(CC)c1ccc(-c2nc3n(n2)C(c2cccs2)C(C(=O)Nc2ccccc2)=C(C)N3)cc1. The van der Waals surface area contributed by atoms with E-state index in [1.807, 2.05) is 59.5 Å². The Morgan fingerprint density at radius 2 is 1.80 bits per heavy atom. The third kappa shape index (κ3) is 4.44. The predicted octanol–water partition coefficient (Wildman–Crippen LogP) is 5.78. The van der Waals surface area contributed by atoms with E-state index >= 15 is 0 Å². The Bertz CT molecular complexity index is 1340. The lowest BCUT2D eigenvalue weighted by atomic mass is 10.0. The highest BCUT2D eigenvalue weighted by atomic mass is 32.1. The van der Waals surface area contributed by atoms with Crippen molar-refractivity contribution in [2.75, 3.05) is 28.6 Å². The highest BCUT2D eigenvalue weighted by Crippen LogP contribution is 2.38. The maximum atomic E-state index is 13.5. The molecule has 5 rings (SSSR count). The second kappa shape index (κ2) is 9.76. The van der Waals surface area contributed by atoms with Gasteiger partial charge >= 0.3 is 0 Å². The lowest BCUT2D eigenvalue weighted by Crippen LogP contribution is -2.31. The van der Waals surface area contributed by atoms with Crippen LogP contribution in [0.4, 0.5) is 17.3 Å². The molecule has 0 radical (unpaired) electrons. The number of nitrogens with zero attached hydrogens (tertiary/aromatic N) is 4. The first-order valence-corrected chi connectivity index (χ1v) is 12.7. The van der Waals surface area contributed by atoms with Crippen molar-refractivity contribution in [3.63, 3.8) is 0 Å². The van der Waals surface area contributed by atoms with Crippen molar-refractivity contribution in [2.45, 2.75) is 26.8 Å². The maximum absolute atomic E-state index is 13.5. The van der Waals surface area contributed by atoms with Crippen LogP contribution in [0.15, 0.2) is 83.4 Å². The van der Waals surface area contributed by atoms with E-state index in [4.69, 9.17) is 10.1 Å². The molecule has 0 saturated heterocycles. The number of fused-ring (bicyclic) bond motifs is 1. The van der Waals surface area contributed by atoms with Crippen molar-refractivity contribution in [1.29, 1.82) is 0 Å². The number of aromatic nitrogens is 3. The van der Waals surface area contributed by atoms with Crippen LogP contribution in [0, 0.1) is 0 Å². The highest BCUT2D eigenvalue weighted by molar-refractivity contribution is 7.10. The molecule has 4 aromatic rings. The number of thiophene rings is 1. The molecule has 7 nitrogen and oxygen atoms in total. The van der Waals surface area contributed by atoms with Crippen molar-refractivity contribution in [2.24, 2.45) is 0 Å². The van der Waals surface area contributed by atoms with E-state index in [0.717, 1.165) is 34.9 Å². The molecule has 0 saturated carbocycles. The topological polar surface area (TPSA) is 75.1 Å². The number of hydrogen-bond donors (Lipinski definition) is 2. The van der Waals surface area contributed by atoms with Gasteiger partial charge in [-0.3, -0.25) is 4.79 Å². The number of allylic oxidation sites excluding steroid dienone is 1. The third-order valence-electron chi connectivity index (χ3n) is 6.20.